The maximum atomic E-state index is 11.9. The molecule has 2 rings (SSSR count). The summed E-state index contributed by atoms with van der Waals surface area (Å²) in [6.45, 7) is 2.02. The smallest absolute Gasteiger partial charge is 0.340 e. The molecule has 5 nitrogen and oxygen atoms in total. The maximum absolute atomic E-state index is 11.9. The number of carbonyl (C=O) groups is 1. The first-order valence-electron chi connectivity index (χ1n) is 5.69. The van der Waals surface area contributed by atoms with Gasteiger partial charge in [0.15, 0.2) is 0 Å². The normalized spacial score (nSPS) is 10.5. The zero-order valence-corrected chi connectivity index (χ0v) is 11.4. The number of nitrogens with zero attached hydrogens (tertiary/aromatic N) is 2. The Bertz CT molecular complexity index is 622. The molecule has 0 aliphatic carbocycles. The third-order valence-corrected chi connectivity index (χ3v) is 2.99. The number of esters is 1. The molecule has 2 N–H and O–H groups in total. The van der Waals surface area contributed by atoms with E-state index < -0.39 is 5.97 Å². The van der Waals surface area contributed by atoms with Crippen LogP contribution >= 0.6 is 11.6 Å². The van der Waals surface area contributed by atoms with Crippen LogP contribution in [0.25, 0.3) is 0 Å². The Hall–Kier alpha value is -2.01. The molecular formula is C13H14ClN3O2. The number of anilines is 1. The van der Waals surface area contributed by atoms with Gasteiger partial charge in [0.05, 0.1) is 22.0 Å². The van der Waals surface area contributed by atoms with E-state index in [1.54, 1.807) is 23.9 Å². The summed E-state index contributed by atoms with van der Waals surface area (Å²) in [4.78, 5) is 11.9. The molecule has 0 saturated heterocycles. The quantitative estimate of drug-likeness (QED) is 0.691. The van der Waals surface area contributed by atoms with E-state index in [1.807, 2.05) is 13.0 Å². The van der Waals surface area contributed by atoms with E-state index in [1.165, 1.54) is 6.07 Å². The van der Waals surface area contributed by atoms with Crippen LogP contribution in [0.2, 0.25) is 5.02 Å². The molecule has 0 unspecified atom stereocenters. The number of hydrogen-bond donors (Lipinski definition) is 1. The van der Waals surface area contributed by atoms with Gasteiger partial charge in [-0.05, 0) is 31.2 Å². The fourth-order valence-corrected chi connectivity index (χ4v) is 1.91. The molecular weight excluding hydrogens is 266 g/mol. The maximum Gasteiger partial charge on any atom is 0.340 e. The van der Waals surface area contributed by atoms with Crippen LogP contribution in [0, 0.1) is 6.92 Å². The van der Waals surface area contributed by atoms with Gasteiger partial charge in [-0.15, -0.1) is 0 Å². The molecule has 0 amide bonds. The van der Waals surface area contributed by atoms with Crippen molar-refractivity contribution in [2.24, 2.45) is 7.05 Å². The summed E-state index contributed by atoms with van der Waals surface area (Å²) in [5, 5.41) is 4.49. The van der Waals surface area contributed by atoms with Crippen LogP contribution in [0.4, 0.5) is 5.69 Å². The summed E-state index contributed by atoms with van der Waals surface area (Å²) in [5.74, 6) is -0.504. The van der Waals surface area contributed by atoms with Crippen molar-refractivity contribution in [3.05, 3.63) is 46.2 Å². The number of carbonyl (C=O) groups excluding carboxylic acids is 1. The molecule has 1 aromatic carbocycles. The third-order valence-electron chi connectivity index (χ3n) is 2.66. The van der Waals surface area contributed by atoms with Crippen molar-refractivity contribution in [2.45, 2.75) is 13.5 Å². The van der Waals surface area contributed by atoms with Crippen molar-refractivity contribution in [1.29, 1.82) is 0 Å². The van der Waals surface area contributed by atoms with Gasteiger partial charge in [0, 0.05) is 12.7 Å². The second-order valence-corrected chi connectivity index (χ2v) is 4.62. The van der Waals surface area contributed by atoms with E-state index in [-0.39, 0.29) is 12.2 Å². The Morgan fingerprint density at radius 3 is 2.84 bits per heavy atom. The second kappa shape index (κ2) is 5.32. The molecule has 0 bridgehead atoms. The highest BCUT2D eigenvalue weighted by Crippen LogP contribution is 2.20. The Morgan fingerprint density at radius 2 is 2.21 bits per heavy atom. The lowest BCUT2D eigenvalue weighted by molar-refractivity contribution is 0.0464. The number of halogens is 1. The zero-order valence-electron chi connectivity index (χ0n) is 10.7. The molecule has 1 heterocycles. The van der Waals surface area contributed by atoms with Crippen molar-refractivity contribution in [1.82, 2.24) is 9.78 Å². The first kappa shape index (κ1) is 13.4. The molecule has 100 valence electrons. The van der Waals surface area contributed by atoms with Crippen LogP contribution in [0.15, 0.2) is 24.3 Å². The largest absolute Gasteiger partial charge is 0.456 e. The summed E-state index contributed by atoms with van der Waals surface area (Å²) in [5.41, 5.74) is 8.03. The third kappa shape index (κ3) is 3.06. The summed E-state index contributed by atoms with van der Waals surface area (Å²) < 4.78 is 6.87. The van der Waals surface area contributed by atoms with Gasteiger partial charge < -0.3 is 10.5 Å². The lowest BCUT2D eigenvalue weighted by Gasteiger charge is -2.07. The van der Waals surface area contributed by atoms with E-state index in [0.29, 0.717) is 10.7 Å². The molecule has 2 aromatic rings. The van der Waals surface area contributed by atoms with Gasteiger partial charge in [-0.3, -0.25) is 4.68 Å². The van der Waals surface area contributed by atoms with Crippen LogP contribution in [-0.2, 0) is 18.4 Å². The zero-order chi connectivity index (χ0) is 14.0. The Labute approximate surface area is 115 Å². The van der Waals surface area contributed by atoms with E-state index in [9.17, 15) is 4.79 Å². The lowest BCUT2D eigenvalue weighted by Crippen LogP contribution is -2.09. The van der Waals surface area contributed by atoms with Crippen molar-refractivity contribution in [2.75, 3.05) is 5.73 Å². The first-order valence-corrected chi connectivity index (χ1v) is 6.07. The molecule has 1 aromatic heterocycles. The van der Waals surface area contributed by atoms with Crippen molar-refractivity contribution < 1.29 is 9.53 Å². The number of rotatable bonds is 3. The number of aryl methyl sites for hydroxylation is 2. The van der Waals surface area contributed by atoms with Gasteiger partial charge in [-0.25, -0.2) is 4.79 Å². The predicted octanol–water partition coefficient (Wildman–Crippen LogP) is 2.32. The standard InChI is InChI=1S/C13H14ClN3O2/c1-8-5-10(17(2)16-8)7-19-13(18)11-6-9(15)3-4-12(11)14/h3-6H,7,15H2,1-2H3. The minimum atomic E-state index is -0.504. The second-order valence-electron chi connectivity index (χ2n) is 4.22. The fraction of sp³-hybridized carbons (Fsp3) is 0.231. The minimum Gasteiger partial charge on any atom is -0.456 e. The molecule has 19 heavy (non-hydrogen) atoms. The number of hydrogen-bond acceptors (Lipinski definition) is 4. The van der Waals surface area contributed by atoms with Gasteiger partial charge in [-0.2, -0.15) is 5.10 Å². The average Bonchev–Trinajstić information content (AvgIpc) is 2.68. The highest BCUT2D eigenvalue weighted by Gasteiger charge is 2.13. The number of benzene rings is 1. The summed E-state index contributed by atoms with van der Waals surface area (Å²) in [6.07, 6.45) is 0. The highest BCUT2D eigenvalue weighted by molar-refractivity contribution is 6.33. The summed E-state index contributed by atoms with van der Waals surface area (Å²) >= 11 is 5.93. The number of aromatic nitrogens is 2. The van der Waals surface area contributed by atoms with Crippen molar-refractivity contribution in [3.8, 4) is 0 Å². The monoisotopic (exact) mass is 279 g/mol. The molecule has 0 aliphatic rings. The summed E-state index contributed by atoms with van der Waals surface area (Å²) in [6, 6.07) is 6.55. The molecule has 6 heteroatoms. The molecule has 0 spiro atoms. The van der Waals surface area contributed by atoms with Gasteiger partial charge >= 0.3 is 5.97 Å². The van der Waals surface area contributed by atoms with Crippen LogP contribution in [0.3, 0.4) is 0 Å². The highest BCUT2D eigenvalue weighted by atomic mass is 35.5. The number of nitrogen functional groups attached to an aromatic ring is 1. The number of nitrogens with two attached hydrogens (primary N) is 1. The predicted molar refractivity (Wildman–Crippen MR) is 72.9 cm³/mol. The lowest BCUT2D eigenvalue weighted by atomic mass is 10.2. The molecule has 0 radical (unpaired) electrons. The minimum absolute atomic E-state index is 0.140. The van der Waals surface area contributed by atoms with E-state index >= 15 is 0 Å². The Balaban J connectivity index is 2.09. The Morgan fingerprint density at radius 1 is 1.47 bits per heavy atom. The molecule has 0 saturated carbocycles. The SMILES string of the molecule is Cc1cc(COC(=O)c2cc(N)ccc2Cl)n(C)n1. The van der Waals surface area contributed by atoms with Gasteiger partial charge in [0.1, 0.15) is 6.61 Å². The molecule has 0 fully saturated rings. The fourth-order valence-electron chi connectivity index (χ4n) is 1.72. The van der Waals surface area contributed by atoms with Crippen LogP contribution < -0.4 is 5.73 Å². The van der Waals surface area contributed by atoms with E-state index in [4.69, 9.17) is 22.1 Å². The summed E-state index contributed by atoms with van der Waals surface area (Å²) in [7, 11) is 1.80. The Kier molecular flexibility index (Phi) is 3.76. The first-order chi connectivity index (χ1) is 8.97. The van der Waals surface area contributed by atoms with E-state index in [0.717, 1.165) is 11.4 Å². The van der Waals surface area contributed by atoms with Crippen molar-refractivity contribution >= 4 is 23.3 Å². The van der Waals surface area contributed by atoms with E-state index in [2.05, 4.69) is 5.10 Å². The molecule has 0 aliphatic heterocycles. The molecule has 0 atom stereocenters. The number of ether oxygens (including phenoxy) is 1. The van der Waals surface area contributed by atoms with Crippen molar-refractivity contribution in [3.63, 3.8) is 0 Å². The van der Waals surface area contributed by atoms with Gasteiger partial charge in [0.25, 0.3) is 0 Å². The van der Waals surface area contributed by atoms with Crippen LogP contribution in [0.1, 0.15) is 21.7 Å². The van der Waals surface area contributed by atoms with Crippen LogP contribution in [-0.4, -0.2) is 15.7 Å². The average molecular weight is 280 g/mol. The van der Waals surface area contributed by atoms with Gasteiger partial charge in [-0.1, -0.05) is 11.6 Å². The van der Waals surface area contributed by atoms with Gasteiger partial charge in [0.2, 0.25) is 0 Å². The topological polar surface area (TPSA) is 70.1 Å². The van der Waals surface area contributed by atoms with Crippen LogP contribution in [0.5, 0.6) is 0 Å².